The number of sulfone groups is 1. The van der Waals surface area contributed by atoms with Crippen molar-refractivity contribution < 1.29 is 17.9 Å². The van der Waals surface area contributed by atoms with Gasteiger partial charge < -0.3 is 15.4 Å². The lowest BCUT2D eigenvalue weighted by molar-refractivity contribution is 0.0937. The smallest absolute Gasteiger partial charge is 0.272 e. The molecule has 2 heterocycles. The zero-order chi connectivity index (χ0) is 25.2. The Kier molecular flexibility index (Phi) is 7.68. The molecule has 0 unspecified atom stereocenters. The molecule has 1 amide bonds. The lowest BCUT2D eigenvalue weighted by atomic mass is 9.89. The minimum Gasteiger partial charge on any atom is -0.496 e. The van der Waals surface area contributed by atoms with Gasteiger partial charge in [-0.05, 0) is 64.2 Å². The zero-order valence-corrected chi connectivity index (χ0v) is 22.0. The predicted molar refractivity (Wildman–Crippen MR) is 137 cm³/mol. The molecule has 4 rings (SSSR count). The number of rotatable bonds is 10. The van der Waals surface area contributed by atoms with Gasteiger partial charge in [-0.15, -0.1) is 0 Å². The van der Waals surface area contributed by atoms with Crippen molar-refractivity contribution in [1.82, 2.24) is 20.1 Å². The first-order valence-corrected chi connectivity index (χ1v) is 14.5. The van der Waals surface area contributed by atoms with E-state index in [1.54, 1.807) is 13.3 Å². The van der Waals surface area contributed by atoms with E-state index in [2.05, 4.69) is 20.7 Å². The third kappa shape index (κ3) is 5.97. The number of pyridine rings is 1. The Balaban J connectivity index is 1.46. The molecular weight excluding hydrogens is 466 g/mol. The lowest BCUT2D eigenvalue weighted by Crippen LogP contribution is -2.34. The van der Waals surface area contributed by atoms with Crippen LogP contribution in [0.3, 0.4) is 0 Å². The summed E-state index contributed by atoms with van der Waals surface area (Å²) in [7, 11) is -1.36. The summed E-state index contributed by atoms with van der Waals surface area (Å²) in [5.41, 5.74) is 2.80. The average molecular weight is 504 g/mol. The van der Waals surface area contributed by atoms with Crippen molar-refractivity contribution in [2.75, 3.05) is 31.8 Å². The van der Waals surface area contributed by atoms with Crippen molar-refractivity contribution in [3.05, 3.63) is 23.5 Å². The summed E-state index contributed by atoms with van der Waals surface area (Å²) in [6, 6.07) is 1.90. The van der Waals surface area contributed by atoms with Crippen molar-refractivity contribution in [1.29, 1.82) is 0 Å². The molecule has 10 heteroatoms. The van der Waals surface area contributed by atoms with Crippen molar-refractivity contribution >= 4 is 21.6 Å². The number of aromatic nitrogens is 3. The summed E-state index contributed by atoms with van der Waals surface area (Å²) >= 11 is 0. The normalized spacial score (nSPS) is 20.5. The maximum absolute atomic E-state index is 13.1. The third-order valence-corrected chi connectivity index (χ3v) is 8.95. The fourth-order valence-electron chi connectivity index (χ4n) is 4.87. The van der Waals surface area contributed by atoms with Gasteiger partial charge in [-0.1, -0.05) is 0 Å². The Bertz CT molecular complexity index is 1160. The molecule has 0 atom stereocenters. The molecule has 0 saturated heterocycles. The quantitative estimate of drug-likeness (QED) is 0.510. The largest absolute Gasteiger partial charge is 0.496 e. The molecular formula is C25H37N5O4S. The Labute approximate surface area is 208 Å². The molecule has 9 nitrogen and oxygen atoms in total. The first-order valence-electron chi connectivity index (χ1n) is 12.5. The number of methoxy groups -OCH3 is 1. The van der Waals surface area contributed by atoms with E-state index in [-0.39, 0.29) is 17.1 Å². The lowest BCUT2D eigenvalue weighted by Gasteiger charge is -2.27. The molecule has 0 radical (unpaired) electrons. The second-order valence-electron chi connectivity index (χ2n) is 9.91. The highest BCUT2D eigenvalue weighted by Gasteiger charge is 2.29. The Morgan fingerprint density at radius 1 is 1.14 bits per heavy atom. The fraction of sp³-hybridized carbons (Fsp3) is 0.640. The number of carbonyl (C=O) groups is 1. The zero-order valence-electron chi connectivity index (χ0n) is 21.1. The van der Waals surface area contributed by atoms with Gasteiger partial charge in [-0.2, -0.15) is 5.10 Å². The second kappa shape index (κ2) is 10.6. The maximum atomic E-state index is 13.1. The van der Waals surface area contributed by atoms with Gasteiger partial charge in [0.2, 0.25) is 0 Å². The molecule has 2 aliphatic carbocycles. The first-order chi connectivity index (χ1) is 16.7. The van der Waals surface area contributed by atoms with Crippen LogP contribution in [0, 0.1) is 18.8 Å². The van der Waals surface area contributed by atoms with Gasteiger partial charge in [-0.25, -0.2) is 13.4 Å². The molecule has 2 saturated carbocycles. The van der Waals surface area contributed by atoms with Gasteiger partial charge >= 0.3 is 0 Å². The van der Waals surface area contributed by atoms with E-state index in [9.17, 15) is 13.2 Å². The van der Waals surface area contributed by atoms with Crippen LogP contribution < -0.4 is 15.4 Å². The van der Waals surface area contributed by atoms with Gasteiger partial charge in [0.15, 0.2) is 5.69 Å². The number of carbonyl (C=O) groups excluding carboxylic acids is 1. The molecule has 0 spiro atoms. The van der Waals surface area contributed by atoms with Crippen LogP contribution in [0.5, 0.6) is 5.75 Å². The Morgan fingerprint density at radius 3 is 2.40 bits per heavy atom. The van der Waals surface area contributed by atoms with Crippen LogP contribution in [0.2, 0.25) is 0 Å². The van der Waals surface area contributed by atoms with E-state index in [1.807, 2.05) is 24.6 Å². The molecule has 0 aliphatic heterocycles. The monoisotopic (exact) mass is 503 g/mol. The number of hydrogen-bond donors (Lipinski definition) is 2. The molecule has 2 fully saturated rings. The fourth-order valence-corrected chi connectivity index (χ4v) is 6.00. The highest BCUT2D eigenvalue weighted by Crippen LogP contribution is 2.35. The topological polar surface area (TPSA) is 115 Å². The third-order valence-electron chi connectivity index (χ3n) is 7.26. The molecule has 0 bridgehead atoms. The number of anilines is 1. The molecule has 192 valence electrons. The van der Waals surface area contributed by atoms with Gasteiger partial charge in [-0.3, -0.25) is 9.48 Å². The minimum atomic E-state index is -2.99. The number of amides is 1. The molecule has 35 heavy (non-hydrogen) atoms. The molecule has 2 aromatic rings. The number of nitrogens with zero attached hydrogens (tertiary/aromatic N) is 3. The van der Waals surface area contributed by atoms with Crippen LogP contribution in [0.4, 0.5) is 5.82 Å². The van der Waals surface area contributed by atoms with E-state index >= 15 is 0 Å². The molecule has 2 aliphatic rings. The summed E-state index contributed by atoms with van der Waals surface area (Å²) < 4.78 is 31.1. The van der Waals surface area contributed by atoms with Crippen LogP contribution in [0.25, 0.3) is 11.3 Å². The van der Waals surface area contributed by atoms with E-state index in [4.69, 9.17) is 4.74 Å². The van der Waals surface area contributed by atoms with Crippen LogP contribution >= 0.6 is 0 Å². The second-order valence-corrected chi connectivity index (χ2v) is 12.2. The first kappa shape index (κ1) is 25.5. The van der Waals surface area contributed by atoms with Crippen LogP contribution in [-0.4, -0.2) is 60.8 Å². The van der Waals surface area contributed by atoms with Crippen molar-refractivity contribution in [2.24, 2.45) is 11.8 Å². The van der Waals surface area contributed by atoms with E-state index in [1.165, 1.54) is 19.1 Å². The van der Waals surface area contributed by atoms with Crippen molar-refractivity contribution in [3.63, 3.8) is 0 Å². The number of ether oxygens (including phenoxy) is 1. The van der Waals surface area contributed by atoms with Crippen LogP contribution in [-0.2, 0) is 16.4 Å². The number of aryl methyl sites for hydroxylation is 1. The molecule has 2 aromatic heterocycles. The predicted octanol–water partition coefficient (Wildman–Crippen LogP) is 3.44. The van der Waals surface area contributed by atoms with Gasteiger partial charge in [0, 0.05) is 43.7 Å². The van der Waals surface area contributed by atoms with Crippen LogP contribution in [0.15, 0.2) is 12.3 Å². The average Bonchev–Trinajstić information content (AvgIpc) is 3.62. The Morgan fingerprint density at radius 2 is 1.80 bits per heavy atom. The minimum absolute atomic E-state index is 0.212. The standard InChI is InChI=1S/C25H37N5O4S/c1-5-30-24(20-15-27-22(12-21(20)34-3)26-13-17-6-7-17)16(2)23(29-30)25(31)28-14-18-8-10-19(11-9-18)35(4,32)33/h12,15,17-19H,5-11,13-14H2,1-4H3,(H,26,27)(H,28,31). The van der Waals surface area contributed by atoms with E-state index in [0.717, 1.165) is 47.9 Å². The summed E-state index contributed by atoms with van der Waals surface area (Å²) in [5.74, 6) is 2.27. The Hall–Kier alpha value is -2.62. The van der Waals surface area contributed by atoms with E-state index in [0.29, 0.717) is 37.4 Å². The van der Waals surface area contributed by atoms with Gasteiger partial charge in [0.25, 0.3) is 5.91 Å². The van der Waals surface area contributed by atoms with Crippen molar-refractivity contribution in [2.45, 2.75) is 64.2 Å². The summed E-state index contributed by atoms with van der Waals surface area (Å²) in [6.07, 6.45) is 8.55. The maximum Gasteiger partial charge on any atom is 0.272 e. The van der Waals surface area contributed by atoms with E-state index < -0.39 is 9.84 Å². The number of hydrogen-bond acceptors (Lipinski definition) is 7. The van der Waals surface area contributed by atoms with Gasteiger partial charge in [0.1, 0.15) is 21.4 Å². The molecule has 0 aromatic carbocycles. The highest BCUT2D eigenvalue weighted by molar-refractivity contribution is 7.91. The molecule has 2 N–H and O–H groups in total. The summed E-state index contributed by atoms with van der Waals surface area (Å²) in [4.78, 5) is 17.6. The van der Waals surface area contributed by atoms with Crippen LogP contribution in [0.1, 0.15) is 61.5 Å². The van der Waals surface area contributed by atoms with Gasteiger partial charge in [0.05, 0.1) is 23.6 Å². The van der Waals surface area contributed by atoms with Crippen molar-refractivity contribution in [3.8, 4) is 17.0 Å². The summed E-state index contributed by atoms with van der Waals surface area (Å²) in [6.45, 7) is 5.93. The summed E-state index contributed by atoms with van der Waals surface area (Å²) in [5, 5.41) is 10.8. The SMILES string of the molecule is CCn1nc(C(=O)NCC2CCC(S(C)(=O)=O)CC2)c(C)c1-c1cnc(NCC2CC2)cc1OC. The highest BCUT2D eigenvalue weighted by atomic mass is 32.2. The number of nitrogens with one attached hydrogen (secondary N) is 2.